The highest BCUT2D eigenvalue weighted by molar-refractivity contribution is 5.97. The maximum absolute atomic E-state index is 11.7. The van der Waals surface area contributed by atoms with Crippen LogP contribution in [-0.2, 0) is 4.79 Å². The Morgan fingerprint density at radius 2 is 2.13 bits per heavy atom. The summed E-state index contributed by atoms with van der Waals surface area (Å²) in [5.74, 6) is -1.70. The van der Waals surface area contributed by atoms with E-state index in [0.717, 1.165) is 0 Å². The zero-order chi connectivity index (χ0) is 16.7. The van der Waals surface area contributed by atoms with E-state index in [2.05, 4.69) is 10.6 Å². The molecule has 2 aliphatic rings. The summed E-state index contributed by atoms with van der Waals surface area (Å²) in [7, 11) is 0. The third-order valence-electron chi connectivity index (χ3n) is 3.89. The molecule has 2 N–H and O–H groups in total. The molecule has 1 aromatic carbocycles. The van der Waals surface area contributed by atoms with E-state index in [0.29, 0.717) is 11.3 Å². The lowest BCUT2D eigenvalue weighted by Gasteiger charge is -2.26. The van der Waals surface area contributed by atoms with Gasteiger partial charge in [-0.05, 0) is 19.9 Å². The minimum absolute atomic E-state index is 0.124. The van der Waals surface area contributed by atoms with Gasteiger partial charge in [-0.2, -0.15) is 0 Å². The van der Waals surface area contributed by atoms with Crippen LogP contribution in [0, 0.1) is 10.1 Å². The molecule has 0 spiro atoms. The van der Waals surface area contributed by atoms with Gasteiger partial charge in [0.2, 0.25) is 0 Å². The Labute approximate surface area is 130 Å². The van der Waals surface area contributed by atoms with Crippen molar-refractivity contribution in [2.75, 3.05) is 0 Å². The van der Waals surface area contributed by atoms with E-state index in [1.165, 1.54) is 13.8 Å². The first-order chi connectivity index (χ1) is 10.9. The molecule has 120 valence electrons. The number of hydrogen-bond donors (Lipinski definition) is 2. The number of carbonyl (C=O) groups is 1. The molecular formula is C14H13N3O6. The number of nitrogens with zero attached hydrogens (tertiary/aromatic N) is 2. The monoisotopic (exact) mass is 319 g/mol. The van der Waals surface area contributed by atoms with Gasteiger partial charge in [0.05, 0.1) is 17.2 Å². The summed E-state index contributed by atoms with van der Waals surface area (Å²) in [5.41, 5.74) is 2.93. The Hall–Kier alpha value is -2.94. The lowest BCUT2D eigenvalue weighted by Crippen LogP contribution is -2.39. The van der Waals surface area contributed by atoms with Crippen molar-refractivity contribution in [3.8, 4) is 11.5 Å². The van der Waals surface area contributed by atoms with E-state index in [9.17, 15) is 20.0 Å². The Bertz CT molecular complexity index is 770. The molecule has 0 radical (unpaired) electrons. The number of carboxylic acid groups (broad SMARTS) is 1. The van der Waals surface area contributed by atoms with Crippen LogP contribution in [-0.4, -0.2) is 27.8 Å². The summed E-state index contributed by atoms with van der Waals surface area (Å²) in [4.78, 5) is 36.9. The molecule has 9 nitrogen and oxygen atoms in total. The molecule has 0 saturated heterocycles. The van der Waals surface area contributed by atoms with Crippen molar-refractivity contribution in [1.82, 2.24) is 5.64 Å². The highest BCUT2D eigenvalue weighted by atomic mass is 16.9. The van der Waals surface area contributed by atoms with E-state index >= 15 is 0 Å². The van der Waals surface area contributed by atoms with Crippen LogP contribution in [0.25, 0.3) is 0 Å². The zero-order valence-electron chi connectivity index (χ0n) is 12.3. The summed E-state index contributed by atoms with van der Waals surface area (Å²) in [6.45, 7) is 3.04. The third-order valence-corrected chi connectivity index (χ3v) is 3.89. The van der Waals surface area contributed by atoms with Gasteiger partial charge in [-0.1, -0.05) is 12.1 Å². The molecule has 2 aliphatic heterocycles. The Balaban J connectivity index is 2.24. The quantitative estimate of drug-likeness (QED) is 0.638. The molecule has 0 bridgehead atoms. The van der Waals surface area contributed by atoms with Crippen LogP contribution >= 0.6 is 0 Å². The molecule has 0 aromatic heterocycles. The average Bonchev–Trinajstić information content (AvgIpc) is 2.93. The Kier molecular flexibility index (Phi) is 3.49. The van der Waals surface area contributed by atoms with Crippen molar-refractivity contribution in [3.05, 3.63) is 45.1 Å². The van der Waals surface area contributed by atoms with Crippen molar-refractivity contribution in [2.45, 2.75) is 25.8 Å². The number of nitrogens with one attached hydrogen (secondary N) is 1. The minimum Gasteiger partial charge on any atom is -0.478 e. The molecule has 2 atom stereocenters. The summed E-state index contributed by atoms with van der Waals surface area (Å²) in [5, 5.41) is 21.1. The largest absolute Gasteiger partial charge is 0.478 e. The molecule has 0 saturated carbocycles. The highest BCUT2D eigenvalue weighted by Gasteiger charge is 2.46. The Morgan fingerprint density at radius 1 is 1.39 bits per heavy atom. The van der Waals surface area contributed by atoms with Crippen LogP contribution < -0.4 is 15.3 Å². The van der Waals surface area contributed by atoms with Crippen LogP contribution in [0.15, 0.2) is 34.5 Å². The van der Waals surface area contributed by atoms with E-state index in [1.807, 2.05) is 0 Å². The van der Waals surface area contributed by atoms with E-state index in [4.69, 9.17) is 9.68 Å². The molecule has 2 heterocycles. The first kappa shape index (κ1) is 15.0. The number of allylic oxidation sites excluding steroid dienone is 1. The topological polar surface area (TPSA) is 123 Å². The number of nitro groups is 1. The van der Waals surface area contributed by atoms with Crippen molar-refractivity contribution < 1.29 is 24.5 Å². The van der Waals surface area contributed by atoms with Gasteiger partial charge in [0, 0.05) is 21.8 Å². The second kappa shape index (κ2) is 5.36. The smallest absolute Gasteiger partial charge is 0.334 e. The molecule has 3 rings (SSSR count). The minimum atomic E-state index is -1.29. The molecular weight excluding hydrogens is 306 g/mol. The lowest BCUT2D eigenvalue weighted by molar-refractivity contribution is -0.505. The maximum atomic E-state index is 11.7. The molecule has 0 fully saturated rings. The van der Waals surface area contributed by atoms with Crippen LogP contribution in [0.2, 0.25) is 0 Å². The molecule has 1 aromatic rings. The SMILES string of the molecule is CC1=NC(C)=C(C(=O)O)C(c2cccc3c2ONO3)C1[N+](=O)[O-]. The predicted octanol–water partition coefficient (Wildman–Crippen LogP) is 1.44. The molecule has 9 heteroatoms. The number of benzene rings is 1. The fraction of sp³-hybridized carbons (Fsp3) is 0.286. The molecule has 2 unspecified atom stereocenters. The lowest BCUT2D eigenvalue weighted by atomic mass is 9.80. The van der Waals surface area contributed by atoms with E-state index < -0.39 is 22.9 Å². The number of para-hydroxylation sites is 1. The third kappa shape index (κ3) is 2.30. The second-order valence-electron chi connectivity index (χ2n) is 5.23. The van der Waals surface area contributed by atoms with Gasteiger partial charge in [-0.15, -0.1) is 0 Å². The number of aliphatic imine (C=N–C) groups is 1. The van der Waals surface area contributed by atoms with Gasteiger partial charge in [0.25, 0.3) is 6.04 Å². The van der Waals surface area contributed by atoms with Crippen LogP contribution in [0.5, 0.6) is 11.5 Å². The first-order valence-corrected chi connectivity index (χ1v) is 6.76. The van der Waals surface area contributed by atoms with E-state index in [1.54, 1.807) is 18.2 Å². The van der Waals surface area contributed by atoms with Crippen molar-refractivity contribution in [3.63, 3.8) is 0 Å². The highest BCUT2D eigenvalue weighted by Crippen LogP contribution is 2.44. The second-order valence-corrected chi connectivity index (χ2v) is 5.23. The fourth-order valence-electron chi connectivity index (χ4n) is 2.98. The molecule has 23 heavy (non-hydrogen) atoms. The zero-order valence-corrected chi connectivity index (χ0v) is 12.3. The number of fused-ring (bicyclic) bond motifs is 1. The Morgan fingerprint density at radius 3 is 2.78 bits per heavy atom. The first-order valence-electron chi connectivity index (χ1n) is 6.76. The van der Waals surface area contributed by atoms with Gasteiger partial charge in [-0.3, -0.25) is 15.1 Å². The molecule has 0 amide bonds. The summed E-state index contributed by atoms with van der Waals surface area (Å²) >= 11 is 0. The van der Waals surface area contributed by atoms with Gasteiger partial charge in [0.1, 0.15) is 0 Å². The number of aliphatic carboxylic acids is 1. The standard InChI is InChI=1S/C14H13N3O6/c1-6-10(14(18)19)11(12(17(20)21)7(2)15-6)8-4-3-5-9-13(8)23-16-22-9/h3-5,11-12,16H,1-2H3,(H,18,19). The number of rotatable bonds is 3. The van der Waals surface area contributed by atoms with E-state index in [-0.39, 0.29) is 22.7 Å². The maximum Gasteiger partial charge on any atom is 0.334 e. The van der Waals surface area contributed by atoms with Gasteiger partial charge in [-0.25, -0.2) is 4.79 Å². The molecule has 0 aliphatic carbocycles. The van der Waals surface area contributed by atoms with Gasteiger partial charge < -0.3 is 14.8 Å². The summed E-state index contributed by atoms with van der Waals surface area (Å²) < 4.78 is 0. The number of carboxylic acids is 1. The normalized spacial score (nSPS) is 22.8. The number of hydrogen-bond acceptors (Lipinski definition) is 7. The van der Waals surface area contributed by atoms with Gasteiger partial charge in [0.15, 0.2) is 11.5 Å². The summed E-state index contributed by atoms with van der Waals surface area (Å²) in [6, 6.07) is 3.53. The summed E-state index contributed by atoms with van der Waals surface area (Å²) in [6.07, 6.45) is 0. The van der Waals surface area contributed by atoms with Crippen molar-refractivity contribution in [2.24, 2.45) is 4.99 Å². The van der Waals surface area contributed by atoms with Gasteiger partial charge >= 0.3 is 5.97 Å². The van der Waals surface area contributed by atoms with Crippen LogP contribution in [0.3, 0.4) is 0 Å². The van der Waals surface area contributed by atoms with Crippen LogP contribution in [0.4, 0.5) is 0 Å². The average molecular weight is 319 g/mol. The van der Waals surface area contributed by atoms with Crippen molar-refractivity contribution >= 4 is 11.7 Å². The predicted molar refractivity (Wildman–Crippen MR) is 77.8 cm³/mol. The van der Waals surface area contributed by atoms with Crippen molar-refractivity contribution in [1.29, 1.82) is 0 Å². The van der Waals surface area contributed by atoms with Crippen LogP contribution in [0.1, 0.15) is 25.3 Å². The fourth-order valence-corrected chi connectivity index (χ4v) is 2.98.